The van der Waals surface area contributed by atoms with E-state index in [1.165, 1.54) is 77.0 Å². The van der Waals surface area contributed by atoms with Crippen molar-refractivity contribution in [2.45, 2.75) is 110 Å². The van der Waals surface area contributed by atoms with Gasteiger partial charge >= 0.3 is 0 Å². The first-order chi connectivity index (χ1) is 9.16. The van der Waals surface area contributed by atoms with Crippen LogP contribution in [0.4, 0.5) is 0 Å². The van der Waals surface area contributed by atoms with Crippen LogP contribution >= 0.6 is 9.24 Å². The second-order valence-corrected chi connectivity index (χ2v) is 7.23. The Labute approximate surface area is 125 Å². The van der Waals surface area contributed by atoms with Gasteiger partial charge in [0.25, 0.3) is 0 Å². The Kier molecular flexibility index (Phi) is 12.5. The average Bonchev–Trinajstić information content (AvgIpc) is 2.41. The summed E-state index contributed by atoms with van der Waals surface area (Å²) in [7, 11) is 3.23. The van der Waals surface area contributed by atoms with Gasteiger partial charge in [-0.1, -0.05) is 79.1 Å². The van der Waals surface area contributed by atoms with Gasteiger partial charge in [0, 0.05) is 0 Å². The van der Waals surface area contributed by atoms with Gasteiger partial charge in [0.05, 0.1) is 0 Å². The van der Waals surface area contributed by atoms with Gasteiger partial charge in [0.2, 0.25) is 0 Å². The molecule has 0 amide bonds. The monoisotopic (exact) mass is 286 g/mol. The molecule has 116 valence electrons. The Balaban J connectivity index is 4.47. The highest BCUT2D eigenvalue weighted by molar-refractivity contribution is 7.17. The molecule has 0 aliphatic rings. The topological polar surface area (TPSA) is 0 Å². The maximum absolute atomic E-state index is 3.23. The fourth-order valence-electron chi connectivity index (χ4n) is 3.55. The van der Waals surface area contributed by atoms with Crippen molar-refractivity contribution in [3.05, 3.63) is 0 Å². The Bertz CT molecular complexity index is 182. The van der Waals surface area contributed by atoms with Crippen LogP contribution in [0.3, 0.4) is 0 Å². The van der Waals surface area contributed by atoms with E-state index in [1.54, 1.807) is 0 Å². The van der Waals surface area contributed by atoms with Crippen LogP contribution in [-0.4, -0.2) is 5.66 Å². The van der Waals surface area contributed by atoms with Crippen LogP contribution in [0.15, 0.2) is 0 Å². The first-order valence-corrected chi connectivity index (χ1v) is 9.59. The van der Waals surface area contributed by atoms with E-state index in [-0.39, 0.29) is 0 Å². The Morgan fingerprint density at radius 3 is 1.74 bits per heavy atom. The van der Waals surface area contributed by atoms with Crippen LogP contribution in [-0.2, 0) is 0 Å². The molecule has 2 unspecified atom stereocenters. The quantitative estimate of drug-likeness (QED) is 0.253. The number of hydrogen-bond acceptors (Lipinski definition) is 0. The zero-order chi connectivity index (χ0) is 14.6. The fourth-order valence-corrected chi connectivity index (χ4v) is 4.29. The molecule has 1 heteroatoms. The van der Waals surface area contributed by atoms with Crippen LogP contribution in [0.25, 0.3) is 0 Å². The first-order valence-electron chi connectivity index (χ1n) is 8.92. The Morgan fingerprint density at radius 2 is 1.26 bits per heavy atom. The van der Waals surface area contributed by atoms with E-state index in [0.717, 1.165) is 5.66 Å². The predicted octanol–water partition coefficient (Wildman–Crippen LogP) is 6.98. The highest BCUT2D eigenvalue weighted by Gasteiger charge is 2.33. The lowest BCUT2D eigenvalue weighted by Crippen LogP contribution is -2.31. The zero-order valence-corrected chi connectivity index (χ0v) is 15.3. The highest BCUT2D eigenvalue weighted by atomic mass is 31.0. The standard InChI is InChI=1S/C18H39P/c1-5-9-11-12-13-17(19)18(14-7-3,15-8-4)16-10-6-2/h17H,5-16,19H2,1-4H3. The molecule has 0 aromatic carbocycles. The maximum Gasteiger partial charge on any atom is -0.0208 e. The molecule has 0 bridgehead atoms. The molecule has 0 rings (SSSR count). The summed E-state index contributed by atoms with van der Waals surface area (Å²) in [5.41, 5.74) is 1.46. The van der Waals surface area contributed by atoms with Gasteiger partial charge in [-0.2, -0.15) is 0 Å². The molecule has 0 radical (unpaired) electrons. The third-order valence-electron chi connectivity index (χ3n) is 4.68. The van der Waals surface area contributed by atoms with Crippen molar-refractivity contribution in [2.75, 3.05) is 0 Å². The summed E-state index contributed by atoms with van der Waals surface area (Å²) in [5, 5.41) is 0. The lowest BCUT2D eigenvalue weighted by molar-refractivity contribution is 0.191. The summed E-state index contributed by atoms with van der Waals surface area (Å²) in [6.07, 6.45) is 16.8. The molecule has 0 aromatic heterocycles. The molecular weight excluding hydrogens is 247 g/mol. The summed E-state index contributed by atoms with van der Waals surface area (Å²) in [6.45, 7) is 9.37. The molecule has 0 aliphatic carbocycles. The van der Waals surface area contributed by atoms with Crippen LogP contribution in [0, 0.1) is 5.41 Å². The summed E-state index contributed by atoms with van der Waals surface area (Å²) in [4.78, 5) is 0. The fraction of sp³-hybridized carbons (Fsp3) is 1.00. The van der Waals surface area contributed by atoms with Crippen molar-refractivity contribution >= 4 is 9.24 Å². The van der Waals surface area contributed by atoms with Crippen molar-refractivity contribution < 1.29 is 0 Å². The number of rotatable bonds is 13. The second-order valence-electron chi connectivity index (χ2n) is 6.42. The minimum Gasteiger partial charge on any atom is -0.134 e. The van der Waals surface area contributed by atoms with Crippen molar-refractivity contribution in [1.29, 1.82) is 0 Å². The molecular formula is C18H39P. The number of hydrogen-bond donors (Lipinski definition) is 0. The molecule has 0 heterocycles. The zero-order valence-electron chi connectivity index (χ0n) is 14.1. The van der Waals surface area contributed by atoms with Gasteiger partial charge in [-0.3, -0.25) is 0 Å². The molecule has 0 saturated carbocycles. The largest absolute Gasteiger partial charge is 0.134 e. The lowest BCUT2D eigenvalue weighted by atomic mass is 9.71. The van der Waals surface area contributed by atoms with Crippen LogP contribution in [0.5, 0.6) is 0 Å². The maximum atomic E-state index is 3.23. The van der Waals surface area contributed by atoms with E-state index in [2.05, 4.69) is 36.9 Å². The van der Waals surface area contributed by atoms with Crippen LogP contribution < -0.4 is 0 Å². The van der Waals surface area contributed by atoms with Gasteiger partial charge in [-0.25, -0.2) is 0 Å². The molecule has 2 atom stereocenters. The normalized spacial score (nSPS) is 13.7. The Hall–Kier alpha value is 0.430. The smallest absolute Gasteiger partial charge is 0.0208 e. The predicted molar refractivity (Wildman–Crippen MR) is 94.0 cm³/mol. The minimum absolute atomic E-state index is 0.621. The molecule has 19 heavy (non-hydrogen) atoms. The molecule has 0 saturated heterocycles. The van der Waals surface area contributed by atoms with E-state index in [9.17, 15) is 0 Å². The van der Waals surface area contributed by atoms with E-state index in [1.807, 2.05) is 0 Å². The molecule has 0 fully saturated rings. The van der Waals surface area contributed by atoms with Crippen molar-refractivity contribution in [3.8, 4) is 0 Å². The van der Waals surface area contributed by atoms with Crippen molar-refractivity contribution in [3.63, 3.8) is 0 Å². The van der Waals surface area contributed by atoms with Crippen molar-refractivity contribution in [1.82, 2.24) is 0 Å². The van der Waals surface area contributed by atoms with E-state index in [4.69, 9.17) is 0 Å². The summed E-state index contributed by atoms with van der Waals surface area (Å²) in [5.74, 6) is 0. The molecule has 0 spiro atoms. The Morgan fingerprint density at radius 1 is 0.684 bits per heavy atom. The third kappa shape index (κ3) is 7.69. The highest BCUT2D eigenvalue weighted by Crippen LogP contribution is 2.44. The van der Waals surface area contributed by atoms with Crippen molar-refractivity contribution in [2.24, 2.45) is 5.41 Å². The van der Waals surface area contributed by atoms with Gasteiger partial charge < -0.3 is 0 Å². The summed E-state index contributed by atoms with van der Waals surface area (Å²) in [6, 6.07) is 0. The van der Waals surface area contributed by atoms with Crippen LogP contribution in [0.1, 0.15) is 105 Å². The van der Waals surface area contributed by atoms with Gasteiger partial charge in [-0.05, 0) is 36.8 Å². The summed E-state index contributed by atoms with van der Waals surface area (Å²) >= 11 is 0. The number of unbranched alkanes of at least 4 members (excludes halogenated alkanes) is 4. The van der Waals surface area contributed by atoms with E-state index < -0.39 is 0 Å². The van der Waals surface area contributed by atoms with Gasteiger partial charge in [-0.15, -0.1) is 9.24 Å². The summed E-state index contributed by atoms with van der Waals surface area (Å²) < 4.78 is 0. The molecule has 0 aromatic rings. The van der Waals surface area contributed by atoms with Crippen LogP contribution in [0.2, 0.25) is 0 Å². The SMILES string of the molecule is CCCCCCC(P)C(CCC)(CCC)CCCC. The molecule has 0 nitrogen and oxygen atoms in total. The van der Waals surface area contributed by atoms with Gasteiger partial charge in [0.1, 0.15) is 0 Å². The minimum atomic E-state index is 0.621. The molecule has 0 aliphatic heterocycles. The van der Waals surface area contributed by atoms with E-state index >= 15 is 0 Å². The molecule has 0 N–H and O–H groups in total. The van der Waals surface area contributed by atoms with E-state index in [0.29, 0.717) is 5.41 Å². The average molecular weight is 286 g/mol. The van der Waals surface area contributed by atoms with Gasteiger partial charge in [0.15, 0.2) is 0 Å². The second kappa shape index (κ2) is 12.2. The first kappa shape index (κ1) is 19.4. The third-order valence-corrected chi connectivity index (χ3v) is 5.72. The lowest BCUT2D eigenvalue weighted by Gasteiger charge is -2.40.